The first-order valence-corrected chi connectivity index (χ1v) is 45.3. The molecule has 3 N–H and O–H groups in total. The summed E-state index contributed by atoms with van der Waals surface area (Å²) >= 11 is 0. The van der Waals surface area contributed by atoms with Crippen molar-refractivity contribution in [3.63, 3.8) is 0 Å². The second kappa shape index (κ2) is 72.3. The Morgan fingerprint density at radius 3 is 0.673 bits per heavy atom. The van der Waals surface area contributed by atoms with E-state index in [1.54, 1.807) is 0 Å². The number of carbonyl (C=O) groups is 4. The fourth-order valence-electron chi connectivity index (χ4n) is 12.7. The maximum Gasteiger partial charge on any atom is 0.472 e. The number of esters is 4. The van der Waals surface area contributed by atoms with E-state index in [0.29, 0.717) is 25.7 Å². The molecule has 0 aliphatic rings. The van der Waals surface area contributed by atoms with E-state index in [-0.39, 0.29) is 25.7 Å². The Hall–Kier alpha value is -1.94. The van der Waals surface area contributed by atoms with E-state index >= 15 is 0 Å². The SMILES string of the molecule is CCCCCCCCCC(=O)OC[C@H](COP(=O)(O)OC[C@H](O)COP(=O)(O)OC[C@@H](COC(=O)CCCCCCCCCCCCCCCCCCC(C)C)OC(=O)CCCCCCCCCCCCCCCCCCCCC(C)C)OC(=O)CCCCCCCCCCCCCC(C)C. The molecule has 0 aromatic rings. The van der Waals surface area contributed by atoms with Crippen LogP contribution in [-0.2, 0) is 65.4 Å². The zero-order valence-corrected chi connectivity index (χ0v) is 68.2. The van der Waals surface area contributed by atoms with Crippen molar-refractivity contribution in [3.8, 4) is 0 Å². The minimum absolute atomic E-state index is 0.106. The minimum Gasteiger partial charge on any atom is -0.462 e. The number of rotatable bonds is 80. The van der Waals surface area contributed by atoms with Crippen molar-refractivity contribution in [2.24, 2.45) is 17.8 Å². The topological polar surface area (TPSA) is 237 Å². The summed E-state index contributed by atoms with van der Waals surface area (Å²) in [6, 6.07) is 0. The fraction of sp³-hybridized carbons (Fsp3) is 0.951. The summed E-state index contributed by atoms with van der Waals surface area (Å²) in [5, 5.41) is 10.6. The van der Waals surface area contributed by atoms with Gasteiger partial charge >= 0.3 is 39.5 Å². The quantitative estimate of drug-likeness (QED) is 0.0222. The van der Waals surface area contributed by atoms with Gasteiger partial charge in [-0.25, -0.2) is 9.13 Å². The molecule has 0 aliphatic heterocycles. The zero-order chi connectivity index (χ0) is 74.4. The standard InChI is InChI=1S/C82H160O17P2/c1-8-9-10-11-39-49-56-63-79(84)92-69-77(98-82(87)66-59-52-45-38-32-26-29-35-42-48-55-62-75(6)7)71-96-100(88,89)94-67-76(83)68-95-101(90,91)97-72-78(70-93-80(85)64-57-50-43-36-30-24-20-17-16-19-23-28-34-41-47-54-61-74(4)5)99-81(86)65-58-51-44-37-31-25-21-15-13-12-14-18-22-27-33-40-46-53-60-73(2)3/h73-78,83H,8-72H2,1-7H3,(H,88,89)(H,90,91)/t76-,77+,78+/m0/s1. The van der Waals surface area contributed by atoms with E-state index in [4.69, 9.17) is 37.0 Å². The Morgan fingerprint density at radius 2 is 0.455 bits per heavy atom. The number of unbranched alkanes of at least 4 members (excludes halogenated alkanes) is 48. The Balaban J connectivity index is 5.17. The molecule has 600 valence electrons. The molecule has 0 saturated heterocycles. The van der Waals surface area contributed by atoms with Gasteiger partial charge in [0.25, 0.3) is 0 Å². The van der Waals surface area contributed by atoms with Crippen LogP contribution in [0.25, 0.3) is 0 Å². The van der Waals surface area contributed by atoms with Crippen molar-refractivity contribution in [2.45, 2.75) is 446 Å². The van der Waals surface area contributed by atoms with Crippen molar-refractivity contribution >= 4 is 39.5 Å². The summed E-state index contributed by atoms with van der Waals surface area (Å²) < 4.78 is 68.6. The number of phosphoric ester groups is 2. The third-order valence-electron chi connectivity index (χ3n) is 19.1. The van der Waals surface area contributed by atoms with E-state index in [2.05, 4.69) is 48.5 Å². The van der Waals surface area contributed by atoms with Gasteiger partial charge in [-0.3, -0.25) is 37.3 Å². The summed E-state index contributed by atoms with van der Waals surface area (Å²) in [5.74, 6) is 0.284. The molecule has 2 unspecified atom stereocenters. The molecule has 0 saturated carbocycles. The van der Waals surface area contributed by atoms with Crippen molar-refractivity contribution in [1.82, 2.24) is 0 Å². The highest BCUT2D eigenvalue weighted by Crippen LogP contribution is 2.45. The smallest absolute Gasteiger partial charge is 0.462 e. The van der Waals surface area contributed by atoms with E-state index < -0.39 is 97.5 Å². The van der Waals surface area contributed by atoms with E-state index in [0.717, 1.165) is 120 Å². The average Bonchev–Trinajstić information content (AvgIpc) is 1.01. The predicted octanol–water partition coefficient (Wildman–Crippen LogP) is 24.5. The highest BCUT2D eigenvalue weighted by atomic mass is 31.2. The summed E-state index contributed by atoms with van der Waals surface area (Å²) in [7, 11) is -9.92. The molecule has 0 bridgehead atoms. The summed E-state index contributed by atoms with van der Waals surface area (Å²) in [5.41, 5.74) is 0. The molecule has 17 nitrogen and oxygen atoms in total. The fourth-order valence-corrected chi connectivity index (χ4v) is 14.2. The minimum atomic E-state index is -4.96. The van der Waals surface area contributed by atoms with Crippen LogP contribution in [0.3, 0.4) is 0 Å². The van der Waals surface area contributed by atoms with Gasteiger partial charge in [0.1, 0.15) is 19.3 Å². The van der Waals surface area contributed by atoms with Crippen molar-refractivity contribution in [3.05, 3.63) is 0 Å². The maximum atomic E-state index is 13.1. The summed E-state index contributed by atoms with van der Waals surface area (Å²) in [6.07, 6.45) is 61.3. The van der Waals surface area contributed by atoms with Crippen LogP contribution in [0.4, 0.5) is 0 Å². The Kier molecular flexibility index (Phi) is 70.9. The predicted molar refractivity (Wildman–Crippen MR) is 414 cm³/mol. The number of phosphoric acid groups is 2. The normalized spacial score (nSPS) is 14.0. The molecule has 0 aliphatic carbocycles. The molecule has 0 fully saturated rings. The van der Waals surface area contributed by atoms with Crippen LogP contribution in [0, 0.1) is 17.8 Å². The lowest BCUT2D eigenvalue weighted by Gasteiger charge is -2.21. The van der Waals surface area contributed by atoms with Gasteiger partial charge in [0.15, 0.2) is 12.2 Å². The Bertz CT molecular complexity index is 1960. The Labute approximate surface area is 619 Å². The first-order valence-electron chi connectivity index (χ1n) is 42.3. The number of hydrogen-bond acceptors (Lipinski definition) is 15. The number of carbonyl (C=O) groups excluding carboxylic acids is 4. The first kappa shape index (κ1) is 99.1. The van der Waals surface area contributed by atoms with Gasteiger partial charge in [0.2, 0.25) is 0 Å². The third kappa shape index (κ3) is 76.1. The van der Waals surface area contributed by atoms with Gasteiger partial charge in [0, 0.05) is 25.7 Å². The van der Waals surface area contributed by atoms with E-state index in [1.165, 1.54) is 225 Å². The lowest BCUT2D eigenvalue weighted by Crippen LogP contribution is -2.30. The van der Waals surface area contributed by atoms with Crippen LogP contribution in [0.15, 0.2) is 0 Å². The van der Waals surface area contributed by atoms with Gasteiger partial charge in [-0.15, -0.1) is 0 Å². The number of aliphatic hydroxyl groups excluding tert-OH is 1. The van der Waals surface area contributed by atoms with Gasteiger partial charge < -0.3 is 33.8 Å². The molecule has 0 aromatic carbocycles. The molecule has 0 amide bonds. The zero-order valence-electron chi connectivity index (χ0n) is 66.4. The molecule has 5 atom stereocenters. The molecule has 101 heavy (non-hydrogen) atoms. The maximum absolute atomic E-state index is 13.1. The number of hydrogen-bond donors (Lipinski definition) is 3. The van der Waals surface area contributed by atoms with Gasteiger partial charge in [0.05, 0.1) is 26.4 Å². The third-order valence-corrected chi connectivity index (χ3v) is 21.0. The Morgan fingerprint density at radius 1 is 0.267 bits per heavy atom. The second-order valence-electron chi connectivity index (χ2n) is 30.9. The molecule has 19 heteroatoms. The molecule has 0 radical (unpaired) electrons. The van der Waals surface area contributed by atoms with Crippen molar-refractivity contribution in [1.29, 1.82) is 0 Å². The molecule has 0 aromatic heterocycles. The summed E-state index contributed by atoms with van der Waals surface area (Å²) in [4.78, 5) is 72.9. The van der Waals surface area contributed by atoms with Crippen molar-refractivity contribution in [2.75, 3.05) is 39.6 Å². The average molecular weight is 1480 g/mol. The monoisotopic (exact) mass is 1480 g/mol. The molecule has 0 heterocycles. The van der Waals surface area contributed by atoms with Gasteiger partial charge in [-0.05, 0) is 43.4 Å². The highest BCUT2D eigenvalue weighted by Gasteiger charge is 2.30. The summed E-state index contributed by atoms with van der Waals surface area (Å²) in [6.45, 7) is 12.0. The van der Waals surface area contributed by atoms with Crippen LogP contribution in [0.1, 0.15) is 427 Å². The van der Waals surface area contributed by atoms with Gasteiger partial charge in [-0.1, -0.05) is 376 Å². The lowest BCUT2D eigenvalue weighted by molar-refractivity contribution is -0.161. The lowest BCUT2D eigenvalue weighted by atomic mass is 10.0. The van der Waals surface area contributed by atoms with Crippen LogP contribution in [-0.4, -0.2) is 96.7 Å². The van der Waals surface area contributed by atoms with Crippen LogP contribution < -0.4 is 0 Å². The van der Waals surface area contributed by atoms with Crippen LogP contribution >= 0.6 is 15.6 Å². The largest absolute Gasteiger partial charge is 0.472 e. The number of ether oxygens (including phenoxy) is 4. The highest BCUT2D eigenvalue weighted by molar-refractivity contribution is 7.47. The molecular weight excluding hydrogens is 1320 g/mol. The second-order valence-corrected chi connectivity index (χ2v) is 33.8. The van der Waals surface area contributed by atoms with Crippen LogP contribution in [0.2, 0.25) is 0 Å². The molecule has 0 spiro atoms. The number of aliphatic hydroxyl groups is 1. The van der Waals surface area contributed by atoms with Crippen molar-refractivity contribution < 1.29 is 80.2 Å². The molecule has 0 rings (SSSR count). The van der Waals surface area contributed by atoms with Crippen LogP contribution in [0.5, 0.6) is 0 Å². The van der Waals surface area contributed by atoms with E-state index in [1.807, 2.05) is 0 Å². The van der Waals surface area contributed by atoms with E-state index in [9.17, 15) is 43.2 Å². The van der Waals surface area contributed by atoms with Gasteiger partial charge in [-0.2, -0.15) is 0 Å². The first-order chi connectivity index (χ1) is 48.7. The molecular formula is C82H160O17P2.